The first-order valence-corrected chi connectivity index (χ1v) is 8.39. The van der Waals surface area contributed by atoms with E-state index < -0.39 is 0 Å². The number of nitrogen functional groups attached to an aromatic ring is 1. The van der Waals surface area contributed by atoms with Crippen LogP contribution in [0.1, 0.15) is 43.4 Å². The Morgan fingerprint density at radius 1 is 1.48 bits per heavy atom. The number of ether oxygens (including phenoxy) is 1. The van der Waals surface area contributed by atoms with E-state index in [0.717, 1.165) is 46.9 Å². The molecule has 0 saturated carbocycles. The van der Waals surface area contributed by atoms with Gasteiger partial charge < -0.3 is 15.6 Å². The summed E-state index contributed by atoms with van der Waals surface area (Å²) >= 11 is 2.29. The van der Waals surface area contributed by atoms with E-state index >= 15 is 0 Å². The molecule has 0 unspecified atom stereocenters. The van der Waals surface area contributed by atoms with Gasteiger partial charge in [-0.25, -0.2) is 9.97 Å². The summed E-state index contributed by atoms with van der Waals surface area (Å²) < 4.78 is 6.83. The second-order valence-electron chi connectivity index (χ2n) is 5.34. The zero-order chi connectivity index (χ0) is 15.2. The highest BCUT2D eigenvalue weighted by Gasteiger charge is 2.23. The first-order valence-electron chi connectivity index (χ1n) is 7.31. The molecule has 1 aromatic heterocycles. The van der Waals surface area contributed by atoms with Gasteiger partial charge in [-0.2, -0.15) is 0 Å². The Kier molecular flexibility index (Phi) is 6.38. The molecular weight excluding hydrogens is 381 g/mol. The maximum absolute atomic E-state index is 9.05. The predicted molar refractivity (Wildman–Crippen MR) is 92.0 cm³/mol. The van der Waals surface area contributed by atoms with Crippen molar-refractivity contribution >= 4 is 32.0 Å². The number of allylic oxidation sites excluding steroid dienone is 1. The van der Waals surface area contributed by atoms with Crippen LogP contribution in [0.3, 0.4) is 0 Å². The predicted octanol–water partition coefficient (Wildman–Crippen LogP) is 2.85. The van der Waals surface area contributed by atoms with Crippen molar-refractivity contribution in [3.63, 3.8) is 0 Å². The number of nitrogens with zero attached hydrogens (tertiary/aromatic N) is 2. The molecule has 1 aromatic rings. The minimum Gasteiger partial charge on any atom is -0.394 e. The van der Waals surface area contributed by atoms with Crippen molar-refractivity contribution in [1.29, 1.82) is 0 Å². The molecule has 0 spiro atoms. The third-order valence-electron chi connectivity index (χ3n) is 3.76. The molecule has 2 heterocycles. The highest BCUT2D eigenvalue weighted by Crippen LogP contribution is 2.29. The van der Waals surface area contributed by atoms with Crippen molar-refractivity contribution in [2.24, 2.45) is 0 Å². The number of hydrogen-bond acceptors (Lipinski definition) is 5. The summed E-state index contributed by atoms with van der Waals surface area (Å²) in [6, 6.07) is 0. The summed E-state index contributed by atoms with van der Waals surface area (Å²) in [5, 5.41) is 9.05. The average Bonchev–Trinajstić information content (AvgIpc) is 2.91. The van der Waals surface area contributed by atoms with Crippen molar-refractivity contribution in [2.75, 3.05) is 12.3 Å². The van der Waals surface area contributed by atoms with Crippen LogP contribution in [0.25, 0.3) is 3.58 Å². The molecule has 2 atom stereocenters. The fraction of sp³-hybridized carbons (Fsp3) is 0.600. The Morgan fingerprint density at radius 3 is 2.90 bits per heavy atom. The highest BCUT2D eigenvalue weighted by atomic mass is 127. The molecule has 0 bridgehead atoms. The fourth-order valence-corrected chi connectivity index (χ4v) is 3.57. The van der Waals surface area contributed by atoms with Gasteiger partial charge in [0.05, 0.1) is 30.1 Å². The summed E-state index contributed by atoms with van der Waals surface area (Å²) in [4.78, 5) is 8.24. The number of nitrogens with two attached hydrogens (primary N) is 1. The Bertz CT molecular complexity index is 487. The minimum absolute atomic E-state index is 0.0505. The third-order valence-corrected chi connectivity index (χ3v) is 4.74. The van der Waals surface area contributed by atoms with Crippen molar-refractivity contribution in [2.45, 2.75) is 51.2 Å². The van der Waals surface area contributed by atoms with Crippen molar-refractivity contribution in [3.05, 3.63) is 23.7 Å². The molecule has 6 heteroatoms. The lowest BCUT2D eigenvalue weighted by molar-refractivity contribution is 0.00794. The number of aryl methyl sites for hydroxylation is 1. The summed E-state index contributed by atoms with van der Waals surface area (Å²) in [6.45, 7) is 2.09. The molecular formula is C15H22IN3O2. The lowest BCUT2D eigenvalue weighted by Crippen LogP contribution is -2.14. The van der Waals surface area contributed by atoms with Gasteiger partial charge in [0.1, 0.15) is 12.1 Å². The number of aliphatic hydroxyl groups excluding tert-OH is 1. The third kappa shape index (κ3) is 4.62. The molecule has 0 radical (unpaired) electrons. The molecule has 0 amide bonds. The van der Waals surface area contributed by atoms with Gasteiger partial charge in [-0.05, 0) is 61.6 Å². The molecule has 1 aliphatic heterocycles. The first-order chi connectivity index (χ1) is 10.1. The number of aromatic nitrogens is 2. The maximum atomic E-state index is 9.05. The number of aliphatic hydroxyl groups is 1. The van der Waals surface area contributed by atoms with Crippen LogP contribution in [0.15, 0.2) is 12.4 Å². The molecule has 3 N–H and O–H groups in total. The average molecular weight is 403 g/mol. The van der Waals surface area contributed by atoms with Crippen LogP contribution in [0, 0.1) is 6.92 Å². The lowest BCUT2D eigenvalue weighted by atomic mass is 10.1. The second kappa shape index (κ2) is 8.05. The molecule has 1 saturated heterocycles. The van der Waals surface area contributed by atoms with E-state index in [0.29, 0.717) is 11.9 Å². The normalized spacial score (nSPS) is 22.7. The van der Waals surface area contributed by atoms with Crippen molar-refractivity contribution in [3.8, 4) is 0 Å². The van der Waals surface area contributed by atoms with E-state index in [4.69, 9.17) is 15.6 Å². The minimum atomic E-state index is 0.0505. The Labute approximate surface area is 139 Å². The molecule has 1 aliphatic rings. The number of halogens is 1. The van der Waals surface area contributed by atoms with Crippen LogP contribution in [0.4, 0.5) is 5.82 Å². The zero-order valence-corrected chi connectivity index (χ0v) is 14.4. The highest BCUT2D eigenvalue weighted by molar-refractivity contribution is 14.1. The van der Waals surface area contributed by atoms with Crippen molar-refractivity contribution < 1.29 is 9.84 Å². The number of rotatable bonds is 6. The molecule has 5 nitrogen and oxygen atoms in total. The lowest BCUT2D eigenvalue weighted by Gasteiger charge is -2.11. The fourth-order valence-electron chi connectivity index (χ4n) is 2.59. The Morgan fingerprint density at radius 2 is 2.24 bits per heavy atom. The summed E-state index contributed by atoms with van der Waals surface area (Å²) in [5.41, 5.74) is 7.77. The van der Waals surface area contributed by atoms with Gasteiger partial charge in [0, 0.05) is 3.58 Å². The second-order valence-corrected chi connectivity index (χ2v) is 6.50. The van der Waals surface area contributed by atoms with Crippen LogP contribution < -0.4 is 5.73 Å². The number of hydrogen-bond donors (Lipinski definition) is 2. The van der Waals surface area contributed by atoms with E-state index in [-0.39, 0.29) is 12.7 Å². The number of unbranched alkanes of at least 4 members (excludes halogenated alkanes) is 1. The van der Waals surface area contributed by atoms with E-state index in [1.807, 2.05) is 6.92 Å². The first kappa shape index (κ1) is 16.6. The van der Waals surface area contributed by atoms with Gasteiger partial charge >= 0.3 is 0 Å². The van der Waals surface area contributed by atoms with Crippen LogP contribution in [-0.4, -0.2) is 33.9 Å². The van der Waals surface area contributed by atoms with E-state index in [2.05, 4.69) is 38.6 Å². The monoisotopic (exact) mass is 403 g/mol. The Hall–Kier alpha value is -0.730. The largest absolute Gasteiger partial charge is 0.394 e. The van der Waals surface area contributed by atoms with Gasteiger partial charge in [0.15, 0.2) is 0 Å². The van der Waals surface area contributed by atoms with Gasteiger partial charge in [-0.3, -0.25) is 0 Å². The van der Waals surface area contributed by atoms with Gasteiger partial charge in [-0.1, -0.05) is 6.08 Å². The van der Waals surface area contributed by atoms with E-state index in [1.54, 1.807) is 0 Å². The van der Waals surface area contributed by atoms with Crippen LogP contribution >= 0.6 is 22.6 Å². The SMILES string of the molecule is Cc1ncnc(N)c1/C(I)=C\CCC[C@H]1CC[C@@H](CO)O1. The standard InChI is InChI=1S/C15H22IN3O2/c1-10-14(15(17)19-9-18-10)13(16)5-3-2-4-11-6-7-12(8-20)21-11/h5,9,11-12,20H,2-4,6-8H2,1H3,(H2,17,18,19)/b13-5+/t11-,12-/m0/s1. The molecule has 116 valence electrons. The zero-order valence-electron chi connectivity index (χ0n) is 12.3. The molecule has 1 fully saturated rings. The molecule has 2 rings (SSSR count). The van der Waals surface area contributed by atoms with E-state index in [9.17, 15) is 0 Å². The summed E-state index contributed by atoms with van der Waals surface area (Å²) in [6.07, 6.45) is 9.16. The van der Waals surface area contributed by atoms with Crippen LogP contribution in [-0.2, 0) is 4.74 Å². The van der Waals surface area contributed by atoms with Gasteiger partial charge in [0.2, 0.25) is 0 Å². The summed E-state index contributed by atoms with van der Waals surface area (Å²) in [5.74, 6) is 0.535. The van der Waals surface area contributed by atoms with Crippen LogP contribution in [0.5, 0.6) is 0 Å². The van der Waals surface area contributed by atoms with E-state index in [1.165, 1.54) is 6.33 Å². The molecule has 21 heavy (non-hydrogen) atoms. The molecule has 0 aromatic carbocycles. The van der Waals surface area contributed by atoms with Gasteiger partial charge in [-0.15, -0.1) is 0 Å². The smallest absolute Gasteiger partial charge is 0.135 e. The number of anilines is 1. The van der Waals surface area contributed by atoms with Gasteiger partial charge in [0.25, 0.3) is 0 Å². The Balaban J connectivity index is 1.82. The molecule has 0 aliphatic carbocycles. The topological polar surface area (TPSA) is 81.3 Å². The summed E-state index contributed by atoms with van der Waals surface area (Å²) in [7, 11) is 0. The van der Waals surface area contributed by atoms with Crippen molar-refractivity contribution in [1.82, 2.24) is 9.97 Å². The van der Waals surface area contributed by atoms with Crippen LogP contribution in [0.2, 0.25) is 0 Å². The maximum Gasteiger partial charge on any atom is 0.135 e. The quantitative estimate of drug-likeness (QED) is 0.564.